The lowest BCUT2D eigenvalue weighted by molar-refractivity contribution is -0.141. The van der Waals surface area contributed by atoms with Crippen LogP contribution in [0.2, 0.25) is 0 Å². The van der Waals surface area contributed by atoms with Gasteiger partial charge in [0.25, 0.3) is 0 Å². The lowest BCUT2D eigenvalue weighted by atomic mass is 9.84. The molecule has 2 aromatic carbocycles. The van der Waals surface area contributed by atoms with Crippen molar-refractivity contribution in [1.29, 1.82) is 0 Å². The first kappa shape index (κ1) is 23.1. The summed E-state index contributed by atoms with van der Waals surface area (Å²) in [6.45, 7) is 4.39. The second kappa shape index (κ2) is 9.68. The fourth-order valence-corrected chi connectivity index (χ4v) is 4.34. The van der Waals surface area contributed by atoms with E-state index in [1.54, 1.807) is 18.2 Å². The molecule has 168 valence electrons. The van der Waals surface area contributed by atoms with E-state index in [1.807, 2.05) is 18.7 Å². The maximum absolute atomic E-state index is 13.2. The van der Waals surface area contributed by atoms with Gasteiger partial charge in [0.1, 0.15) is 10.7 Å². The minimum absolute atomic E-state index is 0.0181. The van der Waals surface area contributed by atoms with Crippen LogP contribution in [0.25, 0.3) is 0 Å². The third-order valence-electron chi connectivity index (χ3n) is 5.74. The molecular formula is C23H28FNO5S. The number of halogens is 1. The molecule has 0 bridgehead atoms. The molecule has 8 heteroatoms. The summed E-state index contributed by atoms with van der Waals surface area (Å²) >= 11 is 0. The van der Waals surface area contributed by atoms with Crippen molar-refractivity contribution < 1.29 is 26.5 Å². The average molecular weight is 450 g/mol. The van der Waals surface area contributed by atoms with Crippen LogP contribution < -0.4 is 8.92 Å². The number of methoxy groups -OCH3 is 1. The van der Waals surface area contributed by atoms with Crippen LogP contribution >= 0.6 is 0 Å². The quantitative estimate of drug-likeness (QED) is 0.526. The molecule has 31 heavy (non-hydrogen) atoms. The summed E-state index contributed by atoms with van der Waals surface area (Å²) in [5.41, 5.74) is 0.734. The average Bonchev–Trinajstić information content (AvgIpc) is 2.70. The van der Waals surface area contributed by atoms with Gasteiger partial charge in [-0.1, -0.05) is 19.4 Å². The molecule has 0 saturated heterocycles. The maximum atomic E-state index is 13.2. The molecule has 1 aliphatic rings. The van der Waals surface area contributed by atoms with Crippen LogP contribution in [0.3, 0.4) is 0 Å². The first-order chi connectivity index (χ1) is 14.7. The lowest BCUT2D eigenvalue weighted by Crippen LogP contribution is -2.43. The zero-order chi connectivity index (χ0) is 22.6. The third-order valence-corrected chi connectivity index (χ3v) is 6.99. The number of benzene rings is 2. The van der Waals surface area contributed by atoms with Gasteiger partial charge in [-0.05, 0) is 68.1 Å². The van der Waals surface area contributed by atoms with Crippen molar-refractivity contribution >= 4 is 16.0 Å². The van der Waals surface area contributed by atoms with E-state index in [-0.39, 0.29) is 34.3 Å². The number of carbonyl (C=O) groups excluding carboxylic acids is 1. The maximum Gasteiger partial charge on any atom is 0.339 e. The summed E-state index contributed by atoms with van der Waals surface area (Å²) < 4.78 is 49.0. The summed E-state index contributed by atoms with van der Waals surface area (Å²) in [4.78, 5) is 14.6. The van der Waals surface area contributed by atoms with Crippen molar-refractivity contribution in [1.82, 2.24) is 4.90 Å². The predicted molar refractivity (Wildman–Crippen MR) is 115 cm³/mol. The fourth-order valence-electron chi connectivity index (χ4n) is 3.41. The third kappa shape index (κ3) is 5.36. The topological polar surface area (TPSA) is 72.9 Å². The van der Waals surface area contributed by atoms with Gasteiger partial charge in [0.05, 0.1) is 7.11 Å². The molecule has 1 aliphatic carbocycles. The summed E-state index contributed by atoms with van der Waals surface area (Å²) in [5.74, 6) is -0.0706. The highest BCUT2D eigenvalue weighted by Crippen LogP contribution is 2.33. The number of nitrogens with zero attached hydrogens (tertiary/aromatic N) is 1. The van der Waals surface area contributed by atoms with Crippen LogP contribution in [0.15, 0.2) is 47.4 Å². The molecule has 1 atom stereocenters. The largest absolute Gasteiger partial charge is 0.493 e. The molecule has 0 N–H and O–H groups in total. The molecule has 0 heterocycles. The second-order valence-corrected chi connectivity index (χ2v) is 9.37. The first-order valence-corrected chi connectivity index (χ1v) is 11.8. The van der Waals surface area contributed by atoms with Gasteiger partial charge in [-0.2, -0.15) is 8.42 Å². The summed E-state index contributed by atoms with van der Waals surface area (Å²) in [6.07, 6.45) is 3.72. The summed E-state index contributed by atoms with van der Waals surface area (Å²) in [7, 11) is -2.77. The zero-order valence-electron chi connectivity index (χ0n) is 18.0. The fraction of sp³-hybridized carbons (Fsp3) is 0.435. The van der Waals surface area contributed by atoms with Crippen LogP contribution in [0.5, 0.6) is 11.5 Å². The molecule has 1 unspecified atom stereocenters. The van der Waals surface area contributed by atoms with E-state index in [4.69, 9.17) is 8.92 Å². The van der Waals surface area contributed by atoms with Crippen molar-refractivity contribution in [2.24, 2.45) is 5.92 Å². The number of rotatable bonds is 9. The van der Waals surface area contributed by atoms with Gasteiger partial charge in [-0.3, -0.25) is 4.79 Å². The molecule has 1 fully saturated rings. The first-order valence-electron chi connectivity index (χ1n) is 10.4. The monoisotopic (exact) mass is 449 g/mol. The highest BCUT2D eigenvalue weighted by molar-refractivity contribution is 7.87. The molecule has 0 aliphatic heterocycles. The van der Waals surface area contributed by atoms with E-state index >= 15 is 0 Å². The number of hydrogen-bond donors (Lipinski definition) is 0. The van der Waals surface area contributed by atoms with Crippen LogP contribution in [-0.2, 0) is 21.5 Å². The number of amides is 1. The number of carbonyl (C=O) groups is 1. The van der Waals surface area contributed by atoms with Crippen LogP contribution in [0.4, 0.5) is 4.39 Å². The normalized spacial score (nSPS) is 15.1. The van der Waals surface area contributed by atoms with Gasteiger partial charge in [0.2, 0.25) is 5.91 Å². The highest BCUT2D eigenvalue weighted by Gasteiger charge is 2.31. The van der Waals surface area contributed by atoms with Crippen LogP contribution in [0.1, 0.15) is 45.1 Å². The Bertz CT molecular complexity index is 1020. The van der Waals surface area contributed by atoms with Gasteiger partial charge in [-0.25, -0.2) is 4.39 Å². The summed E-state index contributed by atoms with van der Waals surface area (Å²) in [6, 6.07) is 9.44. The molecule has 0 radical (unpaired) electrons. The zero-order valence-corrected chi connectivity index (χ0v) is 18.8. The summed E-state index contributed by atoms with van der Waals surface area (Å²) in [5, 5.41) is 0. The Balaban J connectivity index is 1.86. The van der Waals surface area contributed by atoms with E-state index in [0.717, 1.165) is 55.5 Å². The molecular weight excluding hydrogens is 421 g/mol. The Morgan fingerprint density at radius 1 is 1.16 bits per heavy atom. The van der Waals surface area contributed by atoms with Crippen molar-refractivity contribution in [2.45, 2.75) is 57.0 Å². The van der Waals surface area contributed by atoms with Gasteiger partial charge in [-0.15, -0.1) is 0 Å². The lowest BCUT2D eigenvalue weighted by Gasteiger charge is -2.35. The van der Waals surface area contributed by atoms with Gasteiger partial charge < -0.3 is 13.8 Å². The van der Waals surface area contributed by atoms with Gasteiger partial charge in [0.15, 0.2) is 11.5 Å². The Hall–Kier alpha value is -2.61. The van der Waals surface area contributed by atoms with Crippen LogP contribution in [-0.4, -0.2) is 32.4 Å². The van der Waals surface area contributed by atoms with E-state index < -0.39 is 15.9 Å². The van der Waals surface area contributed by atoms with Crippen LogP contribution in [0, 0.1) is 11.7 Å². The minimum Gasteiger partial charge on any atom is -0.493 e. The molecule has 1 saturated carbocycles. The molecule has 0 spiro atoms. The predicted octanol–water partition coefficient (Wildman–Crippen LogP) is 4.53. The van der Waals surface area contributed by atoms with E-state index in [0.29, 0.717) is 6.54 Å². The standard InChI is InChI=1S/C23H28FNO5S/c1-4-16(2)25(23(26)18-6-5-7-18)15-17-8-13-21(29-3)22(14-17)30-31(27,28)20-11-9-19(24)10-12-20/h8-14,16,18H,4-7,15H2,1-3H3. The second-order valence-electron chi connectivity index (χ2n) is 7.83. The van der Waals surface area contributed by atoms with Gasteiger partial charge >= 0.3 is 10.1 Å². The Labute approximate surface area is 183 Å². The van der Waals surface area contributed by atoms with E-state index in [2.05, 4.69) is 0 Å². The Morgan fingerprint density at radius 3 is 2.39 bits per heavy atom. The SMILES string of the molecule is CCC(C)N(Cc1ccc(OC)c(OS(=O)(=O)c2ccc(F)cc2)c1)C(=O)C1CCC1. The number of hydrogen-bond acceptors (Lipinski definition) is 5. The van der Waals surface area contributed by atoms with Crippen molar-refractivity contribution in [3.63, 3.8) is 0 Å². The minimum atomic E-state index is -4.18. The van der Waals surface area contributed by atoms with E-state index in [1.165, 1.54) is 7.11 Å². The number of ether oxygens (including phenoxy) is 1. The molecule has 2 aromatic rings. The highest BCUT2D eigenvalue weighted by atomic mass is 32.2. The van der Waals surface area contributed by atoms with Gasteiger partial charge in [0, 0.05) is 18.5 Å². The van der Waals surface area contributed by atoms with Crippen molar-refractivity contribution in [2.75, 3.05) is 7.11 Å². The Morgan fingerprint density at radius 2 is 1.84 bits per heavy atom. The van der Waals surface area contributed by atoms with E-state index in [9.17, 15) is 17.6 Å². The Kier molecular flexibility index (Phi) is 7.20. The molecule has 0 aromatic heterocycles. The smallest absolute Gasteiger partial charge is 0.339 e. The van der Waals surface area contributed by atoms with Crippen molar-refractivity contribution in [3.8, 4) is 11.5 Å². The van der Waals surface area contributed by atoms with Crippen molar-refractivity contribution in [3.05, 3.63) is 53.8 Å². The molecule has 6 nitrogen and oxygen atoms in total. The molecule has 3 rings (SSSR count). The molecule has 1 amide bonds.